The minimum Gasteiger partial charge on any atom is -0.311 e. The van der Waals surface area contributed by atoms with Gasteiger partial charge >= 0.3 is 16.4 Å². The fourth-order valence-corrected chi connectivity index (χ4v) is 1.65. The van der Waals surface area contributed by atoms with Crippen molar-refractivity contribution in [2.24, 2.45) is 5.92 Å². The van der Waals surface area contributed by atoms with Crippen molar-refractivity contribution >= 4 is 22.3 Å². The van der Waals surface area contributed by atoms with Crippen LogP contribution in [0.1, 0.15) is 19.3 Å². The summed E-state index contributed by atoms with van der Waals surface area (Å²) in [5.74, 6) is -0.277. The van der Waals surface area contributed by atoms with Crippen LogP contribution in [-0.2, 0) is 15.2 Å². The molecule has 1 heterocycles. The molecule has 1 unspecified atom stereocenters. The number of rotatable bonds is 0. The van der Waals surface area contributed by atoms with Gasteiger partial charge in [-0.05, 0) is 19.3 Å². The van der Waals surface area contributed by atoms with Gasteiger partial charge in [0.25, 0.3) is 0 Å². The van der Waals surface area contributed by atoms with Crippen molar-refractivity contribution in [2.75, 3.05) is 0 Å². The van der Waals surface area contributed by atoms with Crippen LogP contribution in [0.4, 0.5) is 4.79 Å². The van der Waals surface area contributed by atoms with Gasteiger partial charge < -0.3 is 5.32 Å². The molecule has 0 aromatic carbocycles. The summed E-state index contributed by atoms with van der Waals surface area (Å²) in [4.78, 5) is 22.1. The molecule has 17 heavy (non-hydrogen) atoms. The third-order valence-corrected chi connectivity index (χ3v) is 2.25. The zero-order valence-electron chi connectivity index (χ0n) is 8.71. The number of urea groups is 1. The maximum absolute atomic E-state index is 11.2. The number of carbonyl (C=O) groups excluding carboxylic acids is 2. The molecule has 0 saturated carbocycles. The molecule has 1 atom stereocenters. The molecule has 0 bridgehead atoms. The van der Waals surface area contributed by atoms with E-state index in [1.54, 1.807) is 0 Å². The lowest BCUT2D eigenvalue weighted by Gasteiger charge is -2.27. The summed E-state index contributed by atoms with van der Waals surface area (Å²) in [6.45, 7) is 0. The molecule has 0 aromatic heterocycles. The Morgan fingerprint density at radius 2 is 1.82 bits per heavy atom. The first-order valence-corrected chi connectivity index (χ1v) is 6.19. The maximum atomic E-state index is 11.2. The van der Waals surface area contributed by atoms with Crippen LogP contribution in [0.15, 0.2) is 11.8 Å². The van der Waals surface area contributed by atoms with Crippen molar-refractivity contribution < 1.29 is 27.1 Å². The SMILES string of the molecule is O=C1NC(=O)C2CCCC=C2N1.O=S(=O)(O)O. The average Bonchev–Trinajstić information content (AvgIpc) is 2.14. The first kappa shape index (κ1) is 13.6. The van der Waals surface area contributed by atoms with Crippen LogP contribution >= 0.6 is 0 Å². The Kier molecular flexibility index (Phi) is 4.21. The number of imide groups is 1. The summed E-state index contributed by atoms with van der Waals surface area (Å²) in [6.07, 6.45) is 4.76. The molecule has 1 saturated heterocycles. The van der Waals surface area contributed by atoms with Crippen molar-refractivity contribution in [3.05, 3.63) is 11.8 Å². The van der Waals surface area contributed by atoms with Crippen molar-refractivity contribution in [1.29, 1.82) is 0 Å². The van der Waals surface area contributed by atoms with Gasteiger partial charge in [-0.1, -0.05) is 6.08 Å². The van der Waals surface area contributed by atoms with Crippen molar-refractivity contribution in [3.63, 3.8) is 0 Å². The summed E-state index contributed by atoms with van der Waals surface area (Å²) < 4.78 is 31.6. The highest BCUT2D eigenvalue weighted by atomic mass is 32.3. The molecule has 2 aliphatic rings. The highest BCUT2D eigenvalue weighted by molar-refractivity contribution is 7.79. The van der Waals surface area contributed by atoms with Crippen LogP contribution in [0.2, 0.25) is 0 Å². The largest absolute Gasteiger partial charge is 0.394 e. The normalized spacial score (nSPS) is 23.4. The lowest BCUT2D eigenvalue weighted by atomic mass is 9.90. The third kappa shape index (κ3) is 4.93. The van der Waals surface area contributed by atoms with Gasteiger partial charge in [0.1, 0.15) is 0 Å². The van der Waals surface area contributed by atoms with Gasteiger partial charge in [-0.3, -0.25) is 19.2 Å². The summed E-state index contributed by atoms with van der Waals surface area (Å²) in [6, 6.07) is -0.399. The molecule has 1 aliphatic heterocycles. The first-order chi connectivity index (χ1) is 7.77. The zero-order chi connectivity index (χ0) is 13.1. The van der Waals surface area contributed by atoms with E-state index < -0.39 is 16.4 Å². The Morgan fingerprint density at radius 1 is 1.24 bits per heavy atom. The van der Waals surface area contributed by atoms with Gasteiger partial charge in [0.15, 0.2) is 0 Å². The molecule has 3 amide bonds. The van der Waals surface area contributed by atoms with Gasteiger partial charge in [-0.25, -0.2) is 4.79 Å². The maximum Gasteiger partial charge on any atom is 0.394 e. The summed E-state index contributed by atoms with van der Waals surface area (Å²) in [5, 5.41) is 4.89. The predicted molar refractivity (Wildman–Crippen MR) is 56.3 cm³/mol. The molecular weight excluding hydrogens is 252 g/mol. The predicted octanol–water partition coefficient (Wildman–Crippen LogP) is -0.143. The Balaban J connectivity index is 0.000000249. The lowest BCUT2D eigenvalue weighted by molar-refractivity contribution is -0.123. The van der Waals surface area contributed by atoms with Crippen LogP contribution < -0.4 is 10.6 Å². The van der Waals surface area contributed by atoms with E-state index in [-0.39, 0.29) is 11.8 Å². The molecule has 1 aliphatic carbocycles. The molecule has 0 spiro atoms. The minimum absolute atomic E-state index is 0.114. The monoisotopic (exact) mass is 264 g/mol. The second kappa shape index (κ2) is 5.25. The molecule has 8 nitrogen and oxygen atoms in total. The zero-order valence-corrected chi connectivity index (χ0v) is 9.53. The molecule has 9 heteroatoms. The number of hydrogen-bond donors (Lipinski definition) is 4. The highest BCUT2D eigenvalue weighted by Gasteiger charge is 2.31. The van der Waals surface area contributed by atoms with Crippen molar-refractivity contribution in [3.8, 4) is 0 Å². The van der Waals surface area contributed by atoms with Crippen LogP contribution in [0.3, 0.4) is 0 Å². The summed E-state index contributed by atoms with van der Waals surface area (Å²) in [5.41, 5.74) is 0.787. The summed E-state index contributed by atoms with van der Waals surface area (Å²) in [7, 11) is -4.67. The second-order valence-electron chi connectivity index (χ2n) is 3.53. The Bertz CT molecular complexity index is 447. The number of fused-ring (bicyclic) bond motifs is 1. The molecule has 2 rings (SSSR count). The van der Waals surface area contributed by atoms with Gasteiger partial charge in [-0.2, -0.15) is 8.42 Å². The van der Waals surface area contributed by atoms with E-state index in [2.05, 4.69) is 10.6 Å². The van der Waals surface area contributed by atoms with Crippen LogP contribution in [0.25, 0.3) is 0 Å². The second-order valence-corrected chi connectivity index (χ2v) is 4.43. The Hall–Kier alpha value is -1.45. The van der Waals surface area contributed by atoms with E-state index in [9.17, 15) is 9.59 Å². The van der Waals surface area contributed by atoms with Crippen molar-refractivity contribution in [1.82, 2.24) is 10.6 Å². The van der Waals surface area contributed by atoms with Gasteiger partial charge in [0.2, 0.25) is 5.91 Å². The van der Waals surface area contributed by atoms with Crippen molar-refractivity contribution in [2.45, 2.75) is 19.3 Å². The van der Waals surface area contributed by atoms with Crippen LogP contribution in [0.5, 0.6) is 0 Å². The topological polar surface area (TPSA) is 133 Å². The van der Waals surface area contributed by atoms with E-state index >= 15 is 0 Å². The summed E-state index contributed by atoms with van der Waals surface area (Å²) >= 11 is 0. The molecule has 0 radical (unpaired) electrons. The van der Waals surface area contributed by atoms with Gasteiger partial charge in [0.05, 0.1) is 5.92 Å². The number of allylic oxidation sites excluding steroid dienone is 1. The fourth-order valence-electron chi connectivity index (χ4n) is 1.65. The average molecular weight is 264 g/mol. The molecule has 96 valence electrons. The highest BCUT2D eigenvalue weighted by Crippen LogP contribution is 2.24. The molecule has 4 N–H and O–H groups in total. The van der Waals surface area contributed by atoms with E-state index in [1.165, 1.54) is 0 Å². The Morgan fingerprint density at radius 3 is 2.41 bits per heavy atom. The van der Waals surface area contributed by atoms with E-state index in [0.717, 1.165) is 25.0 Å². The quantitative estimate of drug-likeness (QED) is 0.450. The smallest absolute Gasteiger partial charge is 0.311 e. The van der Waals surface area contributed by atoms with Gasteiger partial charge in [0, 0.05) is 5.70 Å². The molecule has 0 aromatic rings. The Labute approximate surface area is 97.7 Å². The van der Waals surface area contributed by atoms with Crippen LogP contribution in [0, 0.1) is 5.92 Å². The fraction of sp³-hybridized carbons (Fsp3) is 0.500. The van der Waals surface area contributed by atoms with E-state index in [4.69, 9.17) is 17.5 Å². The lowest BCUT2D eigenvalue weighted by Crippen LogP contribution is -2.51. The molecule has 1 fully saturated rings. The van der Waals surface area contributed by atoms with E-state index in [0.29, 0.717) is 0 Å². The third-order valence-electron chi connectivity index (χ3n) is 2.25. The molecular formula is C8H12N2O6S. The number of amides is 3. The van der Waals surface area contributed by atoms with Crippen LogP contribution in [-0.4, -0.2) is 29.5 Å². The minimum atomic E-state index is -4.67. The number of carbonyl (C=O) groups is 2. The number of nitrogens with one attached hydrogen (secondary N) is 2. The standard InChI is InChI=1S/C8H10N2O2.H2O4S/c11-7-5-3-1-2-4-6(5)9-8(12)10-7;1-5(2,3)4/h4-5H,1-3H2,(H2,9,10,11,12);(H2,1,2,3,4). The first-order valence-electron chi connectivity index (χ1n) is 4.79. The van der Waals surface area contributed by atoms with E-state index in [1.807, 2.05) is 6.08 Å². The number of hydrogen-bond acceptors (Lipinski definition) is 4. The van der Waals surface area contributed by atoms with Gasteiger partial charge in [-0.15, -0.1) is 0 Å².